The van der Waals surface area contributed by atoms with Gasteiger partial charge in [-0.3, -0.25) is 10.1 Å². The van der Waals surface area contributed by atoms with Gasteiger partial charge in [-0.1, -0.05) is 121 Å². The Morgan fingerprint density at radius 2 is 1.08 bits per heavy atom. The highest BCUT2D eigenvalue weighted by atomic mass is 16.5. The lowest BCUT2D eigenvalue weighted by Gasteiger charge is -2.39. The third-order valence-electron chi connectivity index (χ3n) is 7.23. The van der Waals surface area contributed by atoms with Crippen molar-refractivity contribution in [3.05, 3.63) is 144 Å². The molecule has 4 aromatic carbocycles. The normalized spacial score (nSPS) is 12.6. The fourth-order valence-corrected chi connectivity index (χ4v) is 5.31. The number of esters is 1. The monoisotopic (exact) mass is 477 g/mol. The molecule has 1 atom stereocenters. The van der Waals surface area contributed by atoms with Crippen LogP contribution in [0.3, 0.4) is 0 Å². The first-order chi connectivity index (χ1) is 17.5. The molecule has 0 saturated carbocycles. The smallest absolute Gasteiger partial charge is 0.311 e. The first-order valence-corrected chi connectivity index (χ1v) is 12.5. The van der Waals surface area contributed by atoms with Crippen LogP contribution in [0.4, 0.5) is 0 Å². The Kier molecular flexibility index (Phi) is 8.02. The molecule has 0 aliphatic heterocycles. The van der Waals surface area contributed by atoms with E-state index in [0.717, 1.165) is 12.0 Å². The quantitative estimate of drug-likeness (QED) is 0.199. The second kappa shape index (κ2) is 11.4. The average molecular weight is 478 g/mol. The Morgan fingerprint density at radius 1 is 0.694 bits per heavy atom. The Hall–Kier alpha value is -3.69. The van der Waals surface area contributed by atoms with Gasteiger partial charge in [0.25, 0.3) is 0 Å². The number of benzene rings is 4. The molecule has 0 saturated heterocycles. The molecule has 0 amide bonds. The molecular formula is C33H35NO2. The molecule has 3 heteroatoms. The fourth-order valence-electron chi connectivity index (χ4n) is 5.31. The topological polar surface area (TPSA) is 38.3 Å². The first-order valence-electron chi connectivity index (χ1n) is 12.5. The number of carbonyl (C=O) groups is 1. The first kappa shape index (κ1) is 25.4. The lowest BCUT2D eigenvalue weighted by atomic mass is 9.72. The highest BCUT2D eigenvalue weighted by molar-refractivity contribution is 5.77. The van der Waals surface area contributed by atoms with E-state index >= 15 is 0 Å². The maximum atomic E-state index is 12.8. The number of ether oxygens (including phenoxy) is 1. The van der Waals surface area contributed by atoms with E-state index in [1.54, 1.807) is 0 Å². The highest BCUT2D eigenvalue weighted by Crippen LogP contribution is 2.41. The fraction of sp³-hybridized carbons (Fsp3) is 0.242. The summed E-state index contributed by atoms with van der Waals surface area (Å²) in [5, 5.41) is 3.96. The van der Waals surface area contributed by atoms with Gasteiger partial charge < -0.3 is 4.74 Å². The Morgan fingerprint density at radius 3 is 1.47 bits per heavy atom. The van der Waals surface area contributed by atoms with Crippen molar-refractivity contribution in [2.24, 2.45) is 5.41 Å². The second-order valence-electron chi connectivity index (χ2n) is 9.74. The van der Waals surface area contributed by atoms with Crippen LogP contribution in [-0.4, -0.2) is 19.6 Å². The van der Waals surface area contributed by atoms with Crippen molar-refractivity contribution >= 4 is 5.97 Å². The van der Waals surface area contributed by atoms with Crippen molar-refractivity contribution in [2.75, 3.05) is 13.7 Å². The van der Waals surface area contributed by atoms with Gasteiger partial charge in [0.05, 0.1) is 18.1 Å². The van der Waals surface area contributed by atoms with Crippen LogP contribution in [-0.2, 0) is 15.1 Å². The van der Waals surface area contributed by atoms with Crippen molar-refractivity contribution in [2.45, 2.75) is 31.7 Å². The molecule has 1 N–H and O–H groups in total. The predicted molar refractivity (Wildman–Crippen MR) is 147 cm³/mol. The summed E-state index contributed by atoms with van der Waals surface area (Å²) in [7, 11) is 1.47. The van der Waals surface area contributed by atoms with Crippen LogP contribution in [0.5, 0.6) is 0 Å². The van der Waals surface area contributed by atoms with Gasteiger partial charge >= 0.3 is 5.97 Å². The molecule has 0 fully saturated rings. The van der Waals surface area contributed by atoms with Gasteiger partial charge in [0.15, 0.2) is 0 Å². The minimum absolute atomic E-state index is 0.0151. The number of rotatable bonds is 10. The maximum Gasteiger partial charge on any atom is 0.311 e. The van der Waals surface area contributed by atoms with Gasteiger partial charge in [0.2, 0.25) is 0 Å². The van der Waals surface area contributed by atoms with Gasteiger partial charge in [-0.2, -0.15) is 0 Å². The number of hydrogen-bond acceptors (Lipinski definition) is 3. The van der Waals surface area contributed by atoms with Crippen molar-refractivity contribution < 1.29 is 9.53 Å². The van der Waals surface area contributed by atoms with Crippen molar-refractivity contribution in [3.8, 4) is 0 Å². The summed E-state index contributed by atoms with van der Waals surface area (Å²) in [6.45, 7) is 4.66. The van der Waals surface area contributed by atoms with E-state index in [1.165, 1.54) is 23.8 Å². The highest BCUT2D eigenvalue weighted by Gasteiger charge is 2.40. The minimum atomic E-state index is -0.674. The zero-order valence-corrected chi connectivity index (χ0v) is 21.4. The zero-order valence-electron chi connectivity index (χ0n) is 21.4. The molecule has 0 aliphatic rings. The van der Waals surface area contributed by atoms with Gasteiger partial charge in [-0.25, -0.2) is 0 Å². The van der Waals surface area contributed by atoms with Crippen LogP contribution in [0.1, 0.15) is 48.4 Å². The molecule has 0 heterocycles. The standard InChI is InChI=1S/C33H35NO2/c1-32(2,31(35)36-3)30(26-16-8-4-9-17-26)24-25-34-33(27-18-10-5-11-19-27,28-20-12-6-13-21-28)29-22-14-7-15-23-29/h4-23,30,34H,24-25H2,1-3H3. The summed E-state index contributed by atoms with van der Waals surface area (Å²) in [5.74, 6) is -0.213. The maximum absolute atomic E-state index is 12.8. The molecule has 36 heavy (non-hydrogen) atoms. The van der Waals surface area contributed by atoms with Crippen LogP contribution in [0, 0.1) is 5.41 Å². The Labute approximate surface area is 215 Å². The van der Waals surface area contributed by atoms with Crippen LogP contribution < -0.4 is 5.32 Å². The number of nitrogens with one attached hydrogen (secondary N) is 1. The molecule has 1 unspecified atom stereocenters. The minimum Gasteiger partial charge on any atom is -0.469 e. The Balaban J connectivity index is 1.76. The molecule has 4 rings (SSSR count). The molecule has 3 nitrogen and oxygen atoms in total. The van der Waals surface area contributed by atoms with Gasteiger partial charge in [0, 0.05) is 5.92 Å². The van der Waals surface area contributed by atoms with Crippen LogP contribution in [0.25, 0.3) is 0 Å². The summed E-state index contributed by atoms with van der Waals surface area (Å²) < 4.78 is 5.21. The van der Waals surface area contributed by atoms with Crippen LogP contribution in [0.15, 0.2) is 121 Å². The third-order valence-corrected chi connectivity index (χ3v) is 7.23. The number of methoxy groups -OCH3 is 1. The third kappa shape index (κ3) is 5.12. The van der Waals surface area contributed by atoms with E-state index in [1.807, 2.05) is 32.0 Å². The van der Waals surface area contributed by atoms with E-state index in [0.29, 0.717) is 6.54 Å². The molecule has 0 aliphatic carbocycles. The summed E-state index contributed by atoms with van der Waals surface area (Å²) in [6.07, 6.45) is 0.764. The van der Waals surface area contributed by atoms with Gasteiger partial charge in [-0.15, -0.1) is 0 Å². The van der Waals surface area contributed by atoms with Crippen molar-refractivity contribution in [1.29, 1.82) is 0 Å². The zero-order chi connectivity index (χ0) is 25.4. The average Bonchev–Trinajstić information content (AvgIpc) is 2.94. The molecule has 0 radical (unpaired) electrons. The molecule has 4 aromatic rings. The Bertz CT molecular complexity index is 1130. The SMILES string of the molecule is COC(=O)C(C)(C)C(CCNC(c1ccccc1)(c1ccccc1)c1ccccc1)c1ccccc1. The summed E-state index contributed by atoms with van der Waals surface area (Å²) in [4.78, 5) is 12.8. The summed E-state index contributed by atoms with van der Waals surface area (Å²) >= 11 is 0. The largest absolute Gasteiger partial charge is 0.469 e. The molecule has 0 aromatic heterocycles. The predicted octanol–water partition coefficient (Wildman–Crippen LogP) is 6.94. The lowest BCUT2D eigenvalue weighted by molar-refractivity contribution is -0.152. The molecular weight excluding hydrogens is 442 g/mol. The summed E-state index contributed by atoms with van der Waals surface area (Å²) in [6, 6.07) is 42.0. The summed E-state index contributed by atoms with van der Waals surface area (Å²) in [5.41, 5.74) is 3.44. The van der Waals surface area contributed by atoms with E-state index in [9.17, 15) is 4.79 Å². The molecule has 0 bridgehead atoms. The van der Waals surface area contributed by atoms with Crippen LogP contribution >= 0.6 is 0 Å². The van der Waals surface area contributed by atoms with Gasteiger partial charge in [0.1, 0.15) is 0 Å². The van der Waals surface area contributed by atoms with E-state index < -0.39 is 11.0 Å². The molecule has 184 valence electrons. The number of hydrogen-bond donors (Lipinski definition) is 1. The molecule has 0 spiro atoms. The second-order valence-corrected chi connectivity index (χ2v) is 9.74. The number of carbonyl (C=O) groups excluding carboxylic acids is 1. The van der Waals surface area contributed by atoms with Gasteiger partial charge in [-0.05, 0) is 49.1 Å². The van der Waals surface area contributed by atoms with E-state index in [4.69, 9.17) is 4.74 Å². The van der Waals surface area contributed by atoms with E-state index in [-0.39, 0.29) is 11.9 Å². The van der Waals surface area contributed by atoms with Crippen molar-refractivity contribution in [1.82, 2.24) is 5.32 Å². The van der Waals surface area contributed by atoms with Crippen molar-refractivity contribution in [3.63, 3.8) is 0 Å². The van der Waals surface area contributed by atoms with Crippen LogP contribution in [0.2, 0.25) is 0 Å². The lowest BCUT2D eigenvalue weighted by Crippen LogP contribution is -2.46. The van der Waals surface area contributed by atoms with E-state index in [2.05, 4.69) is 108 Å².